The van der Waals surface area contributed by atoms with Crippen molar-refractivity contribution >= 4 is 22.8 Å². The molecule has 1 aromatic heterocycles. The first-order valence-corrected chi connectivity index (χ1v) is 13.1. The first-order chi connectivity index (χ1) is 17.5. The lowest BCUT2D eigenvalue weighted by atomic mass is 9.72. The van der Waals surface area contributed by atoms with Crippen LogP contribution in [-0.2, 0) is 20.7 Å². The Morgan fingerprint density at radius 1 is 1.05 bits per heavy atom. The number of benzene rings is 2. The molecule has 37 heavy (non-hydrogen) atoms. The fourth-order valence-corrected chi connectivity index (χ4v) is 5.51. The normalized spacial score (nSPS) is 19.8. The molecule has 4 rings (SSSR count). The summed E-state index contributed by atoms with van der Waals surface area (Å²) in [6, 6.07) is 14.3. The van der Waals surface area contributed by atoms with Crippen molar-refractivity contribution in [3.05, 3.63) is 77.2 Å². The number of aliphatic carboxylic acids is 1. The molecular weight excluding hydrogens is 469 g/mol. The van der Waals surface area contributed by atoms with Crippen LogP contribution in [0.25, 0.3) is 10.9 Å². The third-order valence-electron chi connectivity index (χ3n) is 7.53. The van der Waals surface area contributed by atoms with Crippen LogP contribution in [0.1, 0.15) is 81.9 Å². The molecule has 1 aliphatic carbocycles. The van der Waals surface area contributed by atoms with Gasteiger partial charge in [-0.2, -0.15) is 0 Å². The Morgan fingerprint density at radius 3 is 2.35 bits per heavy atom. The zero-order chi connectivity index (χ0) is 26.7. The highest BCUT2D eigenvalue weighted by molar-refractivity contribution is 5.82. The summed E-state index contributed by atoms with van der Waals surface area (Å²) in [6.45, 7) is 7.36. The maximum atomic E-state index is 13.9. The highest BCUT2D eigenvalue weighted by Crippen LogP contribution is 2.41. The zero-order valence-corrected chi connectivity index (χ0v) is 22.0. The lowest BCUT2D eigenvalue weighted by Gasteiger charge is -2.33. The quantitative estimate of drug-likeness (QED) is 0.349. The molecule has 0 spiro atoms. The molecule has 5 nitrogen and oxygen atoms in total. The Hall–Kier alpha value is -3.28. The molecule has 0 bridgehead atoms. The van der Waals surface area contributed by atoms with E-state index in [0.29, 0.717) is 6.42 Å². The van der Waals surface area contributed by atoms with Gasteiger partial charge in [-0.25, -0.2) is 4.39 Å². The number of ether oxygens (including phenoxy) is 1. The maximum absolute atomic E-state index is 13.9. The van der Waals surface area contributed by atoms with Gasteiger partial charge < -0.3 is 9.84 Å². The molecule has 1 heterocycles. The van der Waals surface area contributed by atoms with Gasteiger partial charge in [-0.3, -0.25) is 14.6 Å². The first-order valence-electron chi connectivity index (χ1n) is 13.1. The molecule has 196 valence electrons. The number of hydrogen-bond donors (Lipinski definition) is 1. The Morgan fingerprint density at radius 2 is 1.73 bits per heavy atom. The number of carbonyl (C=O) groups is 2. The summed E-state index contributed by atoms with van der Waals surface area (Å²) in [5, 5.41) is 10.9. The van der Waals surface area contributed by atoms with Crippen molar-refractivity contribution in [2.45, 2.75) is 77.2 Å². The Bertz CT molecular complexity index is 1260. The van der Waals surface area contributed by atoms with Crippen molar-refractivity contribution in [3.63, 3.8) is 0 Å². The van der Waals surface area contributed by atoms with Crippen LogP contribution in [0.5, 0.6) is 0 Å². The Kier molecular flexibility index (Phi) is 7.96. The average Bonchev–Trinajstić information content (AvgIpc) is 2.86. The van der Waals surface area contributed by atoms with E-state index in [1.54, 1.807) is 18.3 Å². The van der Waals surface area contributed by atoms with E-state index in [4.69, 9.17) is 4.74 Å². The van der Waals surface area contributed by atoms with Gasteiger partial charge in [-0.1, -0.05) is 24.3 Å². The number of nitrogens with zero attached hydrogens (tertiary/aromatic N) is 1. The van der Waals surface area contributed by atoms with Gasteiger partial charge in [0.05, 0.1) is 17.4 Å². The number of aromatic nitrogens is 1. The molecule has 2 unspecified atom stereocenters. The van der Waals surface area contributed by atoms with E-state index in [-0.39, 0.29) is 23.6 Å². The van der Waals surface area contributed by atoms with Gasteiger partial charge in [0.2, 0.25) is 0 Å². The second-order valence-electron chi connectivity index (χ2n) is 11.3. The van der Waals surface area contributed by atoms with Crippen molar-refractivity contribution in [3.8, 4) is 0 Å². The predicted molar refractivity (Wildman–Crippen MR) is 142 cm³/mol. The Balaban J connectivity index is 1.41. The number of halogens is 1. The molecule has 0 aliphatic heterocycles. The molecule has 1 saturated carbocycles. The molecule has 3 aromatic rings. The second-order valence-corrected chi connectivity index (χ2v) is 11.3. The molecule has 2 atom stereocenters. The topological polar surface area (TPSA) is 76.5 Å². The van der Waals surface area contributed by atoms with E-state index >= 15 is 0 Å². The fraction of sp³-hybridized carbons (Fsp3) is 0.452. The molecular formula is C31H36FNO4. The molecule has 0 amide bonds. The SMILES string of the molecule is CC(C(=O)OC(C)(C)C)c1ccc(CC(C(=O)O)[C@H]2CC[C@@H](c3ccnc4ccc(F)cc43)CC2)cc1. The van der Waals surface area contributed by atoms with Crippen molar-refractivity contribution < 1.29 is 23.8 Å². The van der Waals surface area contributed by atoms with Crippen LogP contribution < -0.4 is 0 Å². The first kappa shape index (κ1) is 26.8. The van der Waals surface area contributed by atoms with E-state index in [1.165, 1.54) is 6.07 Å². The highest BCUT2D eigenvalue weighted by atomic mass is 19.1. The van der Waals surface area contributed by atoms with E-state index in [9.17, 15) is 19.1 Å². The summed E-state index contributed by atoms with van der Waals surface area (Å²) in [5.41, 5.74) is 3.15. The fourth-order valence-electron chi connectivity index (χ4n) is 5.51. The van der Waals surface area contributed by atoms with Gasteiger partial charge in [0.1, 0.15) is 11.4 Å². The number of hydrogen-bond acceptors (Lipinski definition) is 4. The molecule has 6 heteroatoms. The van der Waals surface area contributed by atoms with Crippen molar-refractivity contribution in [2.75, 3.05) is 0 Å². The zero-order valence-electron chi connectivity index (χ0n) is 22.0. The monoisotopic (exact) mass is 505 g/mol. The minimum Gasteiger partial charge on any atom is -0.481 e. The van der Waals surface area contributed by atoms with E-state index < -0.39 is 23.4 Å². The number of fused-ring (bicyclic) bond motifs is 1. The number of rotatable bonds is 7. The van der Waals surface area contributed by atoms with Crippen LogP contribution in [0, 0.1) is 17.7 Å². The summed E-state index contributed by atoms with van der Waals surface area (Å²) in [4.78, 5) is 29.0. The average molecular weight is 506 g/mol. The number of pyridine rings is 1. The van der Waals surface area contributed by atoms with Crippen LogP contribution in [0.4, 0.5) is 4.39 Å². The van der Waals surface area contributed by atoms with Crippen molar-refractivity contribution in [1.82, 2.24) is 4.98 Å². The number of esters is 1. The van der Waals surface area contributed by atoms with Crippen LogP contribution in [0.3, 0.4) is 0 Å². The molecule has 1 fully saturated rings. The van der Waals surface area contributed by atoms with Gasteiger partial charge in [0, 0.05) is 11.6 Å². The number of carboxylic acid groups (broad SMARTS) is 1. The number of carbonyl (C=O) groups excluding carboxylic acids is 1. The molecule has 0 radical (unpaired) electrons. The summed E-state index contributed by atoms with van der Waals surface area (Å²) < 4.78 is 19.4. The molecule has 1 N–H and O–H groups in total. The van der Waals surface area contributed by atoms with Crippen LogP contribution in [-0.4, -0.2) is 27.6 Å². The van der Waals surface area contributed by atoms with E-state index in [1.807, 2.05) is 58.0 Å². The summed E-state index contributed by atoms with van der Waals surface area (Å²) >= 11 is 0. The molecule has 0 saturated heterocycles. The largest absolute Gasteiger partial charge is 0.481 e. The van der Waals surface area contributed by atoms with Crippen LogP contribution >= 0.6 is 0 Å². The smallest absolute Gasteiger partial charge is 0.313 e. The van der Waals surface area contributed by atoms with Crippen LogP contribution in [0.2, 0.25) is 0 Å². The van der Waals surface area contributed by atoms with Gasteiger partial charge in [-0.15, -0.1) is 0 Å². The lowest BCUT2D eigenvalue weighted by Crippen LogP contribution is -2.29. The van der Waals surface area contributed by atoms with Gasteiger partial charge in [0.25, 0.3) is 0 Å². The third-order valence-corrected chi connectivity index (χ3v) is 7.53. The summed E-state index contributed by atoms with van der Waals surface area (Å²) in [5.74, 6) is -1.83. The standard InChI is InChI=1S/C31H36FNO4/c1-19(30(36)37-31(2,3)4)21-7-5-20(6-8-21)17-26(29(34)35)23-11-9-22(10-12-23)25-15-16-33-28-14-13-24(32)18-27(25)28/h5-8,13-16,18-19,22-23,26H,9-12,17H2,1-4H3,(H,34,35)/t19?,22-,23+,26?. The van der Waals surface area contributed by atoms with Crippen molar-refractivity contribution in [2.24, 2.45) is 11.8 Å². The minimum atomic E-state index is -0.772. The summed E-state index contributed by atoms with van der Waals surface area (Å²) in [7, 11) is 0. The van der Waals surface area contributed by atoms with Crippen LogP contribution in [0.15, 0.2) is 54.7 Å². The third kappa shape index (κ3) is 6.54. The number of carboxylic acids is 1. The minimum absolute atomic E-state index is 0.0824. The summed E-state index contributed by atoms with van der Waals surface area (Å²) in [6.07, 6.45) is 5.60. The predicted octanol–water partition coefficient (Wildman–Crippen LogP) is 7.04. The van der Waals surface area contributed by atoms with Crippen molar-refractivity contribution in [1.29, 1.82) is 0 Å². The van der Waals surface area contributed by atoms with Gasteiger partial charge in [0.15, 0.2) is 0 Å². The maximum Gasteiger partial charge on any atom is 0.313 e. The van der Waals surface area contributed by atoms with Gasteiger partial charge in [-0.05, 0) is 113 Å². The van der Waals surface area contributed by atoms with Gasteiger partial charge >= 0.3 is 11.9 Å². The molecule has 1 aliphatic rings. The second kappa shape index (κ2) is 11.0. The Labute approximate surface area is 218 Å². The highest BCUT2D eigenvalue weighted by Gasteiger charge is 2.33. The van der Waals surface area contributed by atoms with E-state index in [0.717, 1.165) is 53.3 Å². The molecule has 2 aromatic carbocycles. The lowest BCUT2D eigenvalue weighted by molar-refractivity contribution is -0.156. The van der Waals surface area contributed by atoms with E-state index in [2.05, 4.69) is 4.98 Å².